The Morgan fingerprint density at radius 3 is 2.69 bits per heavy atom. The molecule has 88 valence electrons. The fourth-order valence-electron chi connectivity index (χ4n) is 1.63. The van der Waals surface area contributed by atoms with E-state index in [1.807, 2.05) is 0 Å². The molecule has 3 N–H and O–H groups in total. The first-order valence-corrected chi connectivity index (χ1v) is 5.58. The van der Waals surface area contributed by atoms with Crippen LogP contribution in [0.25, 0.3) is 0 Å². The molecule has 1 aliphatic rings. The van der Waals surface area contributed by atoms with Crippen molar-refractivity contribution in [1.82, 2.24) is 0 Å². The van der Waals surface area contributed by atoms with E-state index in [4.69, 9.17) is 26.8 Å². The van der Waals surface area contributed by atoms with E-state index in [-0.39, 0.29) is 6.54 Å². The lowest BCUT2D eigenvalue weighted by atomic mass is 10.1. The summed E-state index contributed by atoms with van der Waals surface area (Å²) in [6.07, 6.45) is 0.0381. The molecular formula is C11H14ClNO3. The predicted octanol–water partition coefficient (Wildman–Crippen LogP) is 1.49. The number of nitrogens with two attached hydrogens (primary N) is 1. The second kappa shape index (κ2) is 4.91. The Balaban J connectivity index is 2.47. The third-order valence-electron chi connectivity index (χ3n) is 2.46. The van der Waals surface area contributed by atoms with Crippen LogP contribution in [0.15, 0.2) is 12.1 Å². The first kappa shape index (κ1) is 11.5. The number of hydrogen-bond donors (Lipinski definition) is 2. The summed E-state index contributed by atoms with van der Waals surface area (Å²) < 4.78 is 11.1. The quantitative estimate of drug-likeness (QED) is 0.826. The first-order chi connectivity index (χ1) is 7.74. The van der Waals surface area contributed by atoms with Gasteiger partial charge in [0.25, 0.3) is 0 Å². The monoisotopic (exact) mass is 243 g/mol. The fourth-order valence-corrected chi connectivity index (χ4v) is 1.84. The third-order valence-corrected chi connectivity index (χ3v) is 2.76. The molecule has 1 aromatic rings. The van der Waals surface area contributed by atoms with Crippen molar-refractivity contribution in [2.75, 3.05) is 19.8 Å². The van der Waals surface area contributed by atoms with Crippen LogP contribution in [0.5, 0.6) is 11.5 Å². The molecule has 0 saturated carbocycles. The molecule has 1 aromatic carbocycles. The highest BCUT2D eigenvalue weighted by molar-refractivity contribution is 6.32. The van der Waals surface area contributed by atoms with Gasteiger partial charge in [0.1, 0.15) is 0 Å². The summed E-state index contributed by atoms with van der Waals surface area (Å²) in [4.78, 5) is 0. The maximum absolute atomic E-state index is 9.76. The molecule has 1 heterocycles. The molecular weight excluding hydrogens is 230 g/mol. The molecule has 4 nitrogen and oxygen atoms in total. The topological polar surface area (TPSA) is 64.7 Å². The first-order valence-electron chi connectivity index (χ1n) is 5.20. The number of hydrogen-bond acceptors (Lipinski definition) is 4. The number of benzene rings is 1. The molecule has 0 aliphatic carbocycles. The summed E-state index contributed by atoms with van der Waals surface area (Å²) in [5.41, 5.74) is 6.06. The normalized spacial score (nSPS) is 16.7. The minimum Gasteiger partial charge on any atom is -0.489 e. The van der Waals surface area contributed by atoms with Gasteiger partial charge in [-0.3, -0.25) is 0 Å². The van der Waals surface area contributed by atoms with Gasteiger partial charge in [-0.2, -0.15) is 0 Å². The van der Waals surface area contributed by atoms with Gasteiger partial charge < -0.3 is 20.3 Å². The van der Waals surface area contributed by atoms with Gasteiger partial charge in [-0.15, -0.1) is 0 Å². The van der Waals surface area contributed by atoms with Crippen LogP contribution in [0, 0.1) is 0 Å². The molecule has 2 rings (SSSR count). The van der Waals surface area contributed by atoms with Crippen molar-refractivity contribution in [3.05, 3.63) is 22.7 Å². The highest BCUT2D eigenvalue weighted by atomic mass is 35.5. The van der Waals surface area contributed by atoms with Crippen molar-refractivity contribution >= 4 is 11.6 Å². The summed E-state index contributed by atoms with van der Waals surface area (Å²) in [5.74, 6) is 1.02. The molecule has 0 aromatic heterocycles. The Kier molecular flexibility index (Phi) is 3.53. The van der Waals surface area contributed by atoms with Crippen LogP contribution in [0.4, 0.5) is 0 Å². The summed E-state index contributed by atoms with van der Waals surface area (Å²) in [7, 11) is 0. The zero-order chi connectivity index (χ0) is 11.5. The minimum atomic E-state index is -0.757. The number of halogens is 1. The zero-order valence-corrected chi connectivity index (χ0v) is 9.54. The summed E-state index contributed by atoms with van der Waals surface area (Å²) >= 11 is 6.02. The average Bonchev–Trinajstić information content (AvgIpc) is 2.55. The van der Waals surface area contributed by atoms with E-state index in [1.165, 1.54) is 0 Å². The van der Waals surface area contributed by atoms with Gasteiger partial charge in [0.15, 0.2) is 11.5 Å². The number of ether oxygens (including phenoxy) is 2. The summed E-state index contributed by atoms with van der Waals surface area (Å²) in [6, 6.07) is 3.40. The lowest BCUT2D eigenvalue weighted by Crippen LogP contribution is -2.13. The zero-order valence-electron chi connectivity index (χ0n) is 8.78. The average molecular weight is 244 g/mol. The van der Waals surface area contributed by atoms with Crippen molar-refractivity contribution < 1.29 is 14.6 Å². The Hall–Kier alpha value is -0.970. The molecule has 1 atom stereocenters. The second-order valence-corrected chi connectivity index (χ2v) is 4.00. The largest absolute Gasteiger partial charge is 0.489 e. The van der Waals surface area contributed by atoms with Crippen LogP contribution in [0.2, 0.25) is 5.02 Å². The van der Waals surface area contributed by atoms with Gasteiger partial charge in [0.2, 0.25) is 0 Å². The van der Waals surface area contributed by atoms with Crippen LogP contribution in [0.1, 0.15) is 18.1 Å². The van der Waals surface area contributed by atoms with E-state index in [0.29, 0.717) is 35.3 Å². The van der Waals surface area contributed by atoms with Gasteiger partial charge >= 0.3 is 0 Å². The number of fused-ring (bicyclic) bond motifs is 1. The van der Waals surface area contributed by atoms with E-state index in [1.54, 1.807) is 12.1 Å². The molecule has 0 fully saturated rings. The third kappa shape index (κ3) is 2.09. The van der Waals surface area contributed by atoms with Gasteiger partial charge in [0, 0.05) is 18.5 Å². The van der Waals surface area contributed by atoms with Crippen molar-refractivity contribution in [2.24, 2.45) is 5.73 Å². The van der Waals surface area contributed by atoms with E-state index in [2.05, 4.69) is 0 Å². The van der Waals surface area contributed by atoms with Crippen molar-refractivity contribution in [1.29, 1.82) is 0 Å². The van der Waals surface area contributed by atoms with E-state index < -0.39 is 6.10 Å². The Labute approximate surface area is 98.9 Å². The SMILES string of the molecule is NCC(O)c1ccc(Cl)c2c1OCCCO2. The number of aliphatic hydroxyl groups excluding tert-OH is 1. The lowest BCUT2D eigenvalue weighted by Gasteiger charge is -2.16. The highest BCUT2D eigenvalue weighted by Gasteiger charge is 2.21. The fraction of sp³-hybridized carbons (Fsp3) is 0.455. The maximum Gasteiger partial charge on any atom is 0.180 e. The second-order valence-electron chi connectivity index (χ2n) is 3.60. The number of rotatable bonds is 2. The molecule has 0 amide bonds. The molecule has 1 unspecified atom stereocenters. The van der Waals surface area contributed by atoms with Crippen LogP contribution in [0.3, 0.4) is 0 Å². The molecule has 1 aliphatic heterocycles. The van der Waals surface area contributed by atoms with Gasteiger partial charge in [-0.05, 0) is 6.07 Å². The summed E-state index contributed by atoms with van der Waals surface area (Å²) in [5, 5.41) is 10.3. The minimum absolute atomic E-state index is 0.136. The smallest absolute Gasteiger partial charge is 0.180 e. The van der Waals surface area contributed by atoms with Crippen molar-refractivity contribution in [2.45, 2.75) is 12.5 Å². The van der Waals surface area contributed by atoms with Crippen LogP contribution >= 0.6 is 11.6 Å². The highest BCUT2D eigenvalue weighted by Crippen LogP contribution is 2.41. The maximum atomic E-state index is 9.76. The molecule has 0 bridgehead atoms. The van der Waals surface area contributed by atoms with Gasteiger partial charge in [0.05, 0.1) is 24.3 Å². The summed E-state index contributed by atoms with van der Waals surface area (Å²) in [6.45, 7) is 1.25. The molecule has 5 heteroatoms. The van der Waals surface area contributed by atoms with E-state index in [9.17, 15) is 5.11 Å². The molecule has 0 radical (unpaired) electrons. The van der Waals surface area contributed by atoms with Gasteiger partial charge in [-0.1, -0.05) is 17.7 Å². The van der Waals surface area contributed by atoms with Crippen LogP contribution < -0.4 is 15.2 Å². The lowest BCUT2D eigenvalue weighted by molar-refractivity contribution is 0.180. The van der Waals surface area contributed by atoms with Crippen molar-refractivity contribution in [3.63, 3.8) is 0 Å². The number of aliphatic hydroxyl groups is 1. The Morgan fingerprint density at radius 2 is 2.00 bits per heavy atom. The predicted molar refractivity (Wildman–Crippen MR) is 61.1 cm³/mol. The van der Waals surface area contributed by atoms with E-state index in [0.717, 1.165) is 6.42 Å². The van der Waals surface area contributed by atoms with E-state index >= 15 is 0 Å². The van der Waals surface area contributed by atoms with Crippen LogP contribution in [-0.4, -0.2) is 24.9 Å². The standard InChI is InChI=1S/C11H14ClNO3/c12-8-3-2-7(9(14)6-13)10-11(8)16-5-1-4-15-10/h2-3,9,14H,1,4-6,13H2. The molecule has 16 heavy (non-hydrogen) atoms. The van der Waals surface area contributed by atoms with Gasteiger partial charge in [-0.25, -0.2) is 0 Å². The Morgan fingerprint density at radius 1 is 1.31 bits per heavy atom. The van der Waals surface area contributed by atoms with Crippen molar-refractivity contribution in [3.8, 4) is 11.5 Å². The molecule has 0 saturated heterocycles. The Bertz CT molecular complexity index is 384. The molecule has 0 spiro atoms. The van der Waals surface area contributed by atoms with Crippen LogP contribution in [-0.2, 0) is 0 Å².